The Kier molecular flexibility index (Phi) is 6.12. The van der Waals surface area contributed by atoms with E-state index in [0.29, 0.717) is 37.1 Å². The van der Waals surface area contributed by atoms with E-state index < -0.39 is 0 Å². The number of rotatable bonds is 6. The summed E-state index contributed by atoms with van der Waals surface area (Å²) in [4.78, 5) is 0. The monoisotopic (exact) mass is 366 g/mol. The highest BCUT2D eigenvalue weighted by atomic mass is 79.9. The minimum Gasteiger partial charge on any atom is -0.489 e. The minimum absolute atomic E-state index is 0.559. The molecule has 17 heavy (non-hydrogen) atoms. The number of halogens is 2. The minimum atomic E-state index is 0.559. The van der Waals surface area contributed by atoms with E-state index in [-0.39, 0.29) is 0 Å². The zero-order valence-electron chi connectivity index (χ0n) is 10.2. The van der Waals surface area contributed by atoms with Gasteiger partial charge in [-0.3, -0.25) is 0 Å². The molecule has 0 radical (unpaired) electrons. The molecular weight excluding hydrogens is 352 g/mol. The summed E-state index contributed by atoms with van der Waals surface area (Å²) in [6, 6.07) is 1.90. The predicted octanol–water partition coefficient (Wildman–Crippen LogP) is 4.41. The van der Waals surface area contributed by atoms with E-state index in [1.807, 2.05) is 26.8 Å². The summed E-state index contributed by atoms with van der Waals surface area (Å²) < 4.78 is 18.5. The van der Waals surface area contributed by atoms with Crippen LogP contribution in [0.3, 0.4) is 0 Å². The Hall–Kier alpha value is -0.420. The van der Waals surface area contributed by atoms with E-state index in [0.717, 1.165) is 8.95 Å². The lowest BCUT2D eigenvalue weighted by Crippen LogP contribution is -2.03. The molecular formula is C12H16Br2O3. The van der Waals surface area contributed by atoms with Crippen LogP contribution in [0.4, 0.5) is 0 Å². The van der Waals surface area contributed by atoms with E-state index in [2.05, 4.69) is 31.9 Å². The molecule has 1 rings (SSSR count). The average molecular weight is 368 g/mol. The highest BCUT2D eigenvalue weighted by Crippen LogP contribution is 2.47. The predicted molar refractivity (Wildman–Crippen MR) is 75.3 cm³/mol. The van der Waals surface area contributed by atoms with Crippen molar-refractivity contribution in [3.05, 3.63) is 15.0 Å². The molecule has 0 aliphatic carbocycles. The van der Waals surface area contributed by atoms with Crippen LogP contribution in [-0.4, -0.2) is 19.8 Å². The molecule has 0 aromatic heterocycles. The molecule has 0 atom stereocenters. The van der Waals surface area contributed by atoms with Crippen molar-refractivity contribution in [1.82, 2.24) is 0 Å². The van der Waals surface area contributed by atoms with Crippen LogP contribution in [0.5, 0.6) is 17.2 Å². The molecule has 0 fully saturated rings. The second kappa shape index (κ2) is 7.11. The van der Waals surface area contributed by atoms with Crippen LogP contribution in [0, 0.1) is 0 Å². The van der Waals surface area contributed by atoms with Crippen LogP contribution in [-0.2, 0) is 0 Å². The zero-order valence-corrected chi connectivity index (χ0v) is 13.4. The van der Waals surface area contributed by atoms with Crippen molar-refractivity contribution >= 4 is 31.9 Å². The zero-order chi connectivity index (χ0) is 12.8. The summed E-state index contributed by atoms with van der Waals surface area (Å²) in [5.74, 6) is 2.00. The molecule has 96 valence electrons. The van der Waals surface area contributed by atoms with Crippen molar-refractivity contribution in [1.29, 1.82) is 0 Å². The van der Waals surface area contributed by atoms with Crippen molar-refractivity contribution < 1.29 is 14.2 Å². The van der Waals surface area contributed by atoms with Crippen molar-refractivity contribution in [3.63, 3.8) is 0 Å². The maximum absolute atomic E-state index is 5.62. The number of benzene rings is 1. The Morgan fingerprint density at radius 3 is 1.47 bits per heavy atom. The van der Waals surface area contributed by atoms with Gasteiger partial charge in [0.05, 0.1) is 28.8 Å². The molecule has 1 aromatic rings. The maximum Gasteiger partial charge on any atom is 0.205 e. The van der Waals surface area contributed by atoms with Gasteiger partial charge < -0.3 is 14.2 Å². The first-order valence-electron chi connectivity index (χ1n) is 5.56. The molecule has 0 amide bonds. The molecule has 5 heteroatoms. The summed E-state index contributed by atoms with van der Waals surface area (Å²) in [5, 5.41) is 0. The lowest BCUT2D eigenvalue weighted by atomic mass is 10.3. The second-order valence-corrected chi connectivity index (χ2v) is 4.84. The highest BCUT2D eigenvalue weighted by molar-refractivity contribution is 9.11. The SMILES string of the molecule is CCOc1c(Br)cc(Br)c(OCC)c1OCC. The second-order valence-electron chi connectivity index (χ2n) is 3.13. The van der Waals surface area contributed by atoms with Crippen LogP contribution >= 0.6 is 31.9 Å². The maximum atomic E-state index is 5.62. The van der Waals surface area contributed by atoms with Gasteiger partial charge in [0.1, 0.15) is 0 Å². The third-order valence-corrected chi connectivity index (χ3v) is 3.14. The molecule has 0 N–H and O–H groups in total. The van der Waals surface area contributed by atoms with Crippen molar-refractivity contribution in [3.8, 4) is 17.2 Å². The van der Waals surface area contributed by atoms with Crippen molar-refractivity contribution in [2.45, 2.75) is 20.8 Å². The Bertz CT molecular complexity index is 350. The Balaban J connectivity index is 3.30. The summed E-state index contributed by atoms with van der Waals surface area (Å²) in [7, 11) is 0. The van der Waals surface area contributed by atoms with Gasteiger partial charge in [0.2, 0.25) is 5.75 Å². The summed E-state index contributed by atoms with van der Waals surface area (Å²) in [5.41, 5.74) is 0. The quantitative estimate of drug-likeness (QED) is 0.745. The highest BCUT2D eigenvalue weighted by Gasteiger charge is 2.19. The van der Waals surface area contributed by atoms with Gasteiger partial charge in [-0.15, -0.1) is 0 Å². The third-order valence-electron chi connectivity index (χ3n) is 1.97. The van der Waals surface area contributed by atoms with Crippen LogP contribution in [0.1, 0.15) is 20.8 Å². The fourth-order valence-corrected chi connectivity index (χ4v) is 2.75. The Morgan fingerprint density at radius 1 is 0.765 bits per heavy atom. The molecule has 0 aliphatic heterocycles. The fraction of sp³-hybridized carbons (Fsp3) is 0.500. The lowest BCUT2D eigenvalue weighted by Gasteiger charge is -2.17. The first-order chi connectivity index (χ1) is 8.15. The van der Waals surface area contributed by atoms with Crippen LogP contribution in [0.25, 0.3) is 0 Å². The van der Waals surface area contributed by atoms with Gasteiger partial charge in [0.25, 0.3) is 0 Å². The first kappa shape index (κ1) is 14.6. The molecule has 0 bridgehead atoms. The van der Waals surface area contributed by atoms with E-state index >= 15 is 0 Å². The van der Waals surface area contributed by atoms with E-state index in [4.69, 9.17) is 14.2 Å². The molecule has 0 unspecified atom stereocenters. The van der Waals surface area contributed by atoms with Crippen LogP contribution in [0.15, 0.2) is 15.0 Å². The number of hydrogen-bond donors (Lipinski definition) is 0. The molecule has 3 nitrogen and oxygen atoms in total. The van der Waals surface area contributed by atoms with E-state index in [1.54, 1.807) is 0 Å². The summed E-state index contributed by atoms with van der Waals surface area (Å²) in [6.45, 7) is 7.51. The molecule has 0 heterocycles. The largest absolute Gasteiger partial charge is 0.489 e. The smallest absolute Gasteiger partial charge is 0.205 e. The van der Waals surface area contributed by atoms with E-state index in [9.17, 15) is 0 Å². The topological polar surface area (TPSA) is 27.7 Å². The van der Waals surface area contributed by atoms with Crippen molar-refractivity contribution in [2.24, 2.45) is 0 Å². The van der Waals surface area contributed by atoms with Gasteiger partial charge >= 0.3 is 0 Å². The molecule has 0 spiro atoms. The van der Waals surface area contributed by atoms with Gasteiger partial charge in [0.15, 0.2) is 11.5 Å². The number of hydrogen-bond acceptors (Lipinski definition) is 3. The Labute approximate surface area is 119 Å². The van der Waals surface area contributed by atoms with Gasteiger partial charge in [-0.1, -0.05) is 0 Å². The molecule has 1 aromatic carbocycles. The van der Waals surface area contributed by atoms with Crippen LogP contribution in [0.2, 0.25) is 0 Å². The van der Waals surface area contributed by atoms with E-state index in [1.165, 1.54) is 0 Å². The summed E-state index contributed by atoms with van der Waals surface area (Å²) in [6.07, 6.45) is 0. The lowest BCUT2D eigenvalue weighted by molar-refractivity contribution is 0.258. The molecule has 0 saturated carbocycles. The van der Waals surface area contributed by atoms with Gasteiger partial charge in [0, 0.05) is 0 Å². The van der Waals surface area contributed by atoms with Gasteiger partial charge in [-0.25, -0.2) is 0 Å². The number of ether oxygens (including phenoxy) is 3. The average Bonchev–Trinajstić information content (AvgIpc) is 2.29. The van der Waals surface area contributed by atoms with Gasteiger partial charge in [-0.2, -0.15) is 0 Å². The molecule has 0 saturated heterocycles. The standard InChI is InChI=1S/C12H16Br2O3/c1-4-15-10-8(13)7-9(14)11(16-5-2)12(10)17-6-3/h7H,4-6H2,1-3H3. The first-order valence-corrected chi connectivity index (χ1v) is 7.14. The van der Waals surface area contributed by atoms with Crippen molar-refractivity contribution in [2.75, 3.05) is 19.8 Å². The Morgan fingerprint density at radius 2 is 1.12 bits per heavy atom. The summed E-state index contributed by atoms with van der Waals surface area (Å²) >= 11 is 6.93. The van der Waals surface area contributed by atoms with Crippen LogP contribution < -0.4 is 14.2 Å². The third kappa shape index (κ3) is 3.52. The molecule has 0 aliphatic rings. The van der Waals surface area contributed by atoms with Gasteiger partial charge in [-0.05, 0) is 58.7 Å². The fourth-order valence-electron chi connectivity index (χ4n) is 1.40. The normalized spacial score (nSPS) is 10.2.